The highest BCUT2D eigenvalue weighted by Crippen LogP contribution is 2.25. The number of halogens is 1. The first kappa shape index (κ1) is 22.7. The lowest BCUT2D eigenvalue weighted by molar-refractivity contribution is 0.0696. The Hall–Kier alpha value is -2.36. The van der Waals surface area contributed by atoms with Crippen LogP contribution in [0.2, 0.25) is 0 Å². The minimum atomic E-state index is -3.77. The Bertz CT molecular complexity index is 860. The van der Waals surface area contributed by atoms with E-state index in [0.29, 0.717) is 12.1 Å². The number of carboxylic acid groups (broad SMARTS) is 1. The third-order valence-electron chi connectivity index (χ3n) is 3.34. The number of carboxylic acids is 1. The van der Waals surface area contributed by atoms with Crippen LogP contribution in [-0.2, 0) is 15.8 Å². The fourth-order valence-corrected chi connectivity index (χ4v) is 3.26. The van der Waals surface area contributed by atoms with Gasteiger partial charge in [-0.3, -0.25) is 4.72 Å². The summed E-state index contributed by atoms with van der Waals surface area (Å²) < 4.78 is 32.8. The molecule has 1 aromatic heterocycles. The third kappa shape index (κ3) is 7.41. The number of pyridine rings is 1. The van der Waals surface area contributed by atoms with Gasteiger partial charge in [0.15, 0.2) is 0 Å². The quantitative estimate of drug-likeness (QED) is 0.645. The van der Waals surface area contributed by atoms with E-state index < -0.39 is 16.0 Å². The van der Waals surface area contributed by atoms with Crippen molar-refractivity contribution in [2.45, 2.75) is 5.75 Å². The van der Waals surface area contributed by atoms with Gasteiger partial charge in [-0.1, -0.05) is 30.3 Å². The van der Waals surface area contributed by atoms with Crippen molar-refractivity contribution in [1.29, 1.82) is 0 Å². The number of hydrogen-bond donors (Lipinski definition) is 2. The van der Waals surface area contributed by atoms with Crippen molar-refractivity contribution < 1.29 is 23.1 Å². The Morgan fingerprint density at radius 2 is 1.93 bits per heavy atom. The Morgan fingerprint density at radius 3 is 2.52 bits per heavy atom. The second-order valence-corrected chi connectivity index (χ2v) is 7.60. The van der Waals surface area contributed by atoms with Gasteiger partial charge in [-0.05, 0) is 25.7 Å². The van der Waals surface area contributed by atoms with Crippen molar-refractivity contribution in [3.8, 4) is 5.88 Å². The molecule has 1 heterocycles. The smallest absolute Gasteiger partial charge is 0.337 e. The molecule has 148 valence electrons. The van der Waals surface area contributed by atoms with Crippen LogP contribution >= 0.6 is 12.4 Å². The average molecular weight is 416 g/mol. The van der Waals surface area contributed by atoms with Crippen LogP contribution in [0.3, 0.4) is 0 Å². The van der Waals surface area contributed by atoms with Crippen molar-refractivity contribution >= 4 is 34.1 Å². The molecule has 0 bridgehead atoms. The van der Waals surface area contributed by atoms with Crippen molar-refractivity contribution in [1.82, 2.24) is 9.88 Å². The van der Waals surface area contributed by atoms with E-state index >= 15 is 0 Å². The summed E-state index contributed by atoms with van der Waals surface area (Å²) in [5, 5.41) is 9.12. The topological polar surface area (TPSA) is 109 Å². The molecule has 1 aromatic carbocycles. The molecule has 0 amide bonds. The van der Waals surface area contributed by atoms with E-state index in [-0.39, 0.29) is 41.9 Å². The summed E-state index contributed by atoms with van der Waals surface area (Å²) in [5.74, 6) is -1.42. The van der Waals surface area contributed by atoms with Crippen molar-refractivity contribution in [2.75, 3.05) is 32.0 Å². The van der Waals surface area contributed by atoms with E-state index in [4.69, 9.17) is 9.84 Å². The fourth-order valence-electron chi connectivity index (χ4n) is 2.08. The van der Waals surface area contributed by atoms with Gasteiger partial charge < -0.3 is 14.7 Å². The molecular formula is C17H22ClN3O5S. The molecule has 0 fully saturated rings. The molecule has 0 atom stereocenters. The van der Waals surface area contributed by atoms with Crippen molar-refractivity contribution in [3.63, 3.8) is 0 Å². The maximum absolute atomic E-state index is 12.4. The van der Waals surface area contributed by atoms with Gasteiger partial charge >= 0.3 is 5.97 Å². The number of nitrogens with one attached hydrogen (secondary N) is 1. The summed E-state index contributed by atoms with van der Waals surface area (Å²) in [5.41, 5.74) is 0.472. The van der Waals surface area contributed by atoms with Gasteiger partial charge in [0.25, 0.3) is 0 Å². The standard InChI is InChI=1S/C17H21N3O5S.ClH/c1-20(2)8-9-25-16-15(10-14(11-18-16)17(21)22)19-26(23,24)12-13-6-4-3-5-7-13;/h3-7,10-11,19H,8-9,12H2,1-2H3,(H,21,22);1H. The van der Waals surface area contributed by atoms with Crippen LogP contribution in [0.1, 0.15) is 15.9 Å². The van der Waals surface area contributed by atoms with E-state index in [1.54, 1.807) is 30.3 Å². The number of sulfonamides is 1. The molecule has 0 spiro atoms. The van der Waals surface area contributed by atoms with E-state index in [9.17, 15) is 13.2 Å². The summed E-state index contributed by atoms with van der Waals surface area (Å²) in [7, 11) is -0.0297. The van der Waals surface area contributed by atoms with E-state index in [1.165, 1.54) is 6.07 Å². The zero-order chi connectivity index (χ0) is 19.2. The predicted octanol–water partition coefficient (Wildman–Crippen LogP) is 2.08. The third-order valence-corrected chi connectivity index (χ3v) is 4.58. The molecule has 0 unspecified atom stereocenters. The molecular weight excluding hydrogens is 394 g/mol. The summed E-state index contributed by atoms with van der Waals surface area (Å²) in [6, 6.07) is 9.86. The van der Waals surface area contributed by atoms with Crippen molar-refractivity contribution in [2.24, 2.45) is 0 Å². The summed E-state index contributed by atoms with van der Waals surface area (Å²) >= 11 is 0. The molecule has 2 aromatic rings. The first-order valence-corrected chi connectivity index (χ1v) is 9.47. The van der Waals surface area contributed by atoms with Crippen LogP contribution in [0.15, 0.2) is 42.6 Å². The number of carbonyl (C=O) groups is 1. The number of aromatic carboxylic acids is 1. The number of rotatable bonds is 9. The van der Waals surface area contributed by atoms with Crippen LogP contribution in [0, 0.1) is 0 Å². The number of nitrogens with zero attached hydrogens (tertiary/aromatic N) is 2. The Kier molecular flexibility index (Phi) is 8.48. The maximum atomic E-state index is 12.4. The second kappa shape index (κ2) is 10.1. The SMILES string of the molecule is CN(C)CCOc1ncc(C(=O)O)cc1NS(=O)(=O)Cc1ccccc1.Cl. The highest BCUT2D eigenvalue weighted by molar-refractivity contribution is 7.91. The minimum Gasteiger partial charge on any atom is -0.478 e. The Balaban J connectivity index is 0.00000364. The average Bonchev–Trinajstić information content (AvgIpc) is 2.55. The molecule has 27 heavy (non-hydrogen) atoms. The normalized spacial score (nSPS) is 10.9. The summed E-state index contributed by atoms with van der Waals surface area (Å²) in [4.78, 5) is 17.0. The lowest BCUT2D eigenvalue weighted by atomic mass is 10.2. The lowest BCUT2D eigenvalue weighted by Crippen LogP contribution is -2.21. The fraction of sp³-hybridized carbons (Fsp3) is 0.294. The van der Waals surface area contributed by atoms with Gasteiger partial charge in [0.1, 0.15) is 12.3 Å². The monoisotopic (exact) mass is 415 g/mol. The molecule has 0 aliphatic rings. The first-order chi connectivity index (χ1) is 12.3. The molecule has 0 saturated heterocycles. The molecule has 10 heteroatoms. The van der Waals surface area contributed by atoms with Crippen LogP contribution in [0.4, 0.5) is 5.69 Å². The lowest BCUT2D eigenvalue weighted by Gasteiger charge is -2.15. The maximum Gasteiger partial charge on any atom is 0.337 e. The number of anilines is 1. The van der Waals surface area contributed by atoms with Crippen LogP contribution in [0.5, 0.6) is 5.88 Å². The number of ether oxygens (including phenoxy) is 1. The number of benzene rings is 1. The zero-order valence-corrected chi connectivity index (χ0v) is 16.6. The summed E-state index contributed by atoms with van der Waals surface area (Å²) in [6.45, 7) is 0.873. The van der Waals surface area contributed by atoms with Gasteiger partial charge in [0.2, 0.25) is 15.9 Å². The van der Waals surface area contributed by atoms with Gasteiger partial charge in [0, 0.05) is 12.7 Å². The molecule has 0 aliphatic carbocycles. The minimum absolute atomic E-state index is 0. The highest BCUT2D eigenvalue weighted by atomic mass is 35.5. The predicted molar refractivity (Wildman–Crippen MR) is 105 cm³/mol. The highest BCUT2D eigenvalue weighted by Gasteiger charge is 2.18. The molecule has 0 saturated carbocycles. The van der Waals surface area contributed by atoms with Crippen molar-refractivity contribution in [3.05, 3.63) is 53.7 Å². The van der Waals surface area contributed by atoms with Crippen LogP contribution in [0.25, 0.3) is 0 Å². The van der Waals surface area contributed by atoms with Gasteiger partial charge in [0.05, 0.1) is 11.3 Å². The first-order valence-electron chi connectivity index (χ1n) is 7.82. The number of likely N-dealkylation sites (N-methyl/N-ethyl adjacent to an activating group) is 1. The molecule has 0 aliphatic heterocycles. The second-order valence-electron chi connectivity index (χ2n) is 5.88. The molecule has 0 radical (unpaired) electrons. The molecule has 2 rings (SSSR count). The number of aromatic nitrogens is 1. The zero-order valence-electron chi connectivity index (χ0n) is 15.0. The summed E-state index contributed by atoms with van der Waals surface area (Å²) in [6.07, 6.45) is 1.13. The molecule has 2 N–H and O–H groups in total. The van der Waals surface area contributed by atoms with Gasteiger partial charge in [-0.15, -0.1) is 12.4 Å². The van der Waals surface area contributed by atoms with Gasteiger partial charge in [-0.25, -0.2) is 18.2 Å². The van der Waals surface area contributed by atoms with Gasteiger partial charge in [-0.2, -0.15) is 0 Å². The van der Waals surface area contributed by atoms with E-state index in [0.717, 1.165) is 6.20 Å². The van der Waals surface area contributed by atoms with E-state index in [1.807, 2.05) is 19.0 Å². The van der Waals surface area contributed by atoms with E-state index in [2.05, 4.69) is 9.71 Å². The largest absolute Gasteiger partial charge is 0.478 e. The van der Waals surface area contributed by atoms with Crippen LogP contribution < -0.4 is 9.46 Å². The number of hydrogen-bond acceptors (Lipinski definition) is 6. The Morgan fingerprint density at radius 1 is 1.26 bits per heavy atom. The Labute approximate surface area is 164 Å². The molecule has 8 nitrogen and oxygen atoms in total. The van der Waals surface area contributed by atoms with Crippen LogP contribution in [-0.4, -0.2) is 56.6 Å².